The molecule has 0 radical (unpaired) electrons. The van der Waals surface area contributed by atoms with E-state index in [0.717, 1.165) is 17.3 Å². The van der Waals surface area contributed by atoms with E-state index in [0.29, 0.717) is 6.42 Å². The van der Waals surface area contributed by atoms with Crippen LogP contribution in [0, 0.1) is 0 Å². The first-order valence-corrected chi connectivity index (χ1v) is 6.49. The van der Waals surface area contributed by atoms with E-state index >= 15 is 0 Å². The molecule has 0 spiro atoms. The van der Waals surface area contributed by atoms with Crippen LogP contribution in [0.1, 0.15) is 19.3 Å². The SMILES string of the molecule is O=P(O)(O)CCCCCI. The first-order valence-electron chi connectivity index (χ1n) is 3.17. The van der Waals surface area contributed by atoms with E-state index in [-0.39, 0.29) is 6.16 Å². The Kier molecular flexibility index (Phi) is 6.01. The van der Waals surface area contributed by atoms with E-state index < -0.39 is 7.60 Å². The van der Waals surface area contributed by atoms with Gasteiger partial charge in [-0.15, -0.1) is 0 Å². The maximum atomic E-state index is 10.3. The molecule has 0 aliphatic heterocycles. The molecule has 0 aliphatic carbocycles. The number of rotatable bonds is 5. The van der Waals surface area contributed by atoms with E-state index in [4.69, 9.17) is 9.79 Å². The molecule has 10 heavy (non-hydrogen) atoms. The molecule has 5 heteroatoms. The van der Waals surface area contributed by atoms with Crippen molar-refractivity contribution in [1.82, 2.24) is 0 Å². The number of halogens is 1. The van der Waals surface area contributed by atoms with Crippen molar-refractivity contribution in [2.24, 2.45) is 0 Å². The summed E-state index contributed by atoms with van der Waals surface area (Å²) in [5.41, 5.74) is 0. The van der Waals surface area contributed by atoms with Gasteiger partial charge in [-0.25, -0.2) is 0 Å². The third kappa shape index (κ3) is 8.88. The summed E-state index contributed by atoms with van der Waals surface area (Å²) in [5, 5.41) is 0. The molecule has 0 aromatic heterocycles. The van der Waals surface area contributed by atoms with E-state index in [9.17, 15) is 4.57 Å². The Morgan fingerprint density at radius 1 is 1.20 bits per heavy atom. The predicted octanol–water partition coefficient (Wildman–Crippen LogP) is 1.77. The largest absolute Gasteiger partial charge is 0.325 e. The van der Waals surface area contributed by atoms with Gasteiger partial charge in [-0.3, -0.25) is 4.57 Å². The fraction of sp³-hybridized carbons (Fsp3) is 1.00. The molecule has 0 aromatic rings. The Morgan fingerprint density at radius 3 is 2.20 bits per heavy atom. The van der Waals surface area contributed by atoms with Crippen molar-refractivity contribution in [2.75, 3.05) is 10.6 Å². The molecule has 0 atom stereocenters. The van der Waals surface area contributed by atoms with Crippen LogP contribution in [0.15, 0.2) is 0 Å². The average Bonchev–Trinajstić information content (AvgIpc) is 1.78. The summed E-state index contributed by atoms with van der Waals surface area (Å²) in [5.74, 6) is 0. The Hall–Kier alpha value is 0.880. The molecule has 0 fully saturated rings. The van der Waals surface area contributed by atoms with Crippen LogP contribution in [-0.4, -0.2) is 20.4 Å². The highest BCUT2D eigenvalue weighted by Crippen LogP contribution is 2.35. The topological polar surface area (TPSA) is 57.5 Å². The third-order valence-electron chi connectivity index (χ3n) is 1.08. The lowest BCUT2D eigenvalue weighted by molar-refractivity contribution is 0.371. The molecule has 0 aromatic carbocycles. The number of hydrogen-bond acceptors (Lipinski definition) is 1. The van der Waals surface area contributed by atoms with E-state index in [1.807, 2.05) is 0 Å². The van der Waals surface area contributed by atoms with E-state index in [2.05, 4.69) is 22.6 Å². The second-order valence-corrected chi connectivity index (χ2v) is 4.99. The van der Waals surface area contributed by atoms with Crippen LogP contribution in [-0.2, 0) is 4.57 Å². The minimum absolute atomic E-state index is 0.0453. The van der Waals surface area contributed by atoms with Crippen LogP contribution >= 0.6 is 30.2 Å². The maximum Gasteiger partial charge on any atom is 0.325 e. The number of unbranched alkanes of at least 4 members (excludes halogenated alkanes) is 2. The van der Waals surface area contributed by atoms with Gasteiger partial charge >= 0.3 is 7.60 Å². The van der Waals surface area contributed by atoms with Gasteiger partial charge in [0.25, 0.3) is 0 Å². The standard InChI is InChI=1S/C5H12IO3P/c6-4-2-1-3-5-10(7,8)9/h1-5H2,(H2,7,8,9). The predicted molar refractivity (Wildman–Crippen MR) is 49.6 cm³/mol. The van der Waals surface area contributed by atoms with Crippen molar-refractivity contribution in [3.8, 4) is 0 Å². The Bertz CT molecular complexity index is 122. The van der Waals surface area contributed by atoms with Crippen molar-refractivity contribution in [1.29, 1.82) is 0 Å². The summed E-state index contributed by atoms with van der Waals surface area (Å²) in [6, 6.07) is 0. The second-order valence-electron chi connectivity index (χ2n) is 2.14. The van der Waals surface area contributed by atoms with Gasteiger partial charge in [-0.05, 0) is 17.3 Å². The summed E-state index contributed by atoms with van der Waals surface area (Å²) in [6.07, 6.45) is 2.67. The minimum Gasteiger partial charge on any atom is -0.324 e. The van der Waals surface area contributed by atoms with E-state index in [1.54, 1.807) is 0 Å². The Morgan fingerprint density at radius 2 is 1.80 bits per heavy atom. The highest BCUT2D eigenvalue weighted by molar-refractivity contribution is 14.1. The zero-order valence-electron chi connectivity index (χ0n) is 5.66. The summed E-state index contributed by atoms with van der Waals surface area (Å²) < 4.78 is 11.4. The molecule has 0 unspecified atom stereocenters. The van der Waals surface area contributed by atoms with Crippen molar-refractivity contribution in [3.05, 3.63) is 0 Å². The molecule has 0 saturated carbocycles. The monoisotopic (exact) mass is 278 g/mol. The summed E-state index contributed by atoms with van der Waals surface area (Å²) in [4.78, 5) is 16.9. The van der Waals surface area contributed by atoms with Crippen LogP contribution in [0.4, 0.5) is 0 Å². The molecule has 0 saturated heterocycles. The van der Waals surface area contributed by atoms with Gasteiger partial charge in [-0.1, -0.05) is 29.0 Å². The first kappa shape index (κ1) is 10.9. The van der Waals surface area contributed by atoms with Crippen molar-refractivity contribution < 1.29 is 14.4 Å². The lowest BCUT2D eigenvalue weighted by atomic mass is 10.3. The van der Waals surface area contributed by atoms with Gasteiger partial charge in [0.2, 0.25) is 0 Å². The van der Waals surface area contributed by atoms with Gasteiger partial charge in [-0.2, -0.15) is 0 Å². The summed E-state index contributed by atoms with van der Waals surface area (Å²) >= 11 is 2.25. The van der Waals surface area contributed by atoms with Crippen molar-refractivity contribution in [3.63, 3.8) is 0 Å². The summed E-state index contributed by atoms with van der Waals surface area (Å²) in [7, 11) is -3.71. The average molecular weight is 278 g/mol. The quantitative estimate of drug-likeness (QED) is 0.349. The zero-order valence-corrected chi connectivity index (χ0v) is 8.72. The number of hydrogen-bond donors (Lipinski definition) is 2. The molecule has 0 bridgehead atoms. The lowest BCUT2D eigenvalue weighted by Crippen LogP contribution is -1.87. The molecule has 0 heterocycles. The molecule has 2 N–H and O–H groups in total. The van der Waals surface area contributed by atoms with Crippen LogP contribution < -0.4 is 0 Å². The van der Waals surface area contributed by atoms with Crippen molar-refractivity contribution >= 4 is 30.2 Å². The van der Waals surface area contributed by atoms with Crippen LogP contribution in [0.2, 0.25) is 0 Å². The molecule has 0 aliphatic rings. The van der Waals surface area contributed by atoms with Crippen LogP contribution in [0.3, 0.4) is 0 Å². The molecular weight excluding hydrogens is 266 g/mol. The minimum atomic E-state index is -3.71. The third-order valence-corrected chi connectivity index (χ3v) is 2.74. The van der Waals surface area contributed by atoms with Crippen molar-refractivity contribution in [2.45, 2.75) is 19.3 Å². The fourth-order valence-corrected chi connectivity index (χ4v) is 1.76. The van der Waals surface area contributed by atoms with Gasteiger partial charge in [0.05, 0.1) is 0 Å². The highest BCUT2D eigenvalue weighted by Gasteiger charge is 2.10. The Labute approximate surface area is 74.5 Å². The first-order chi connectivity index (χ1) is 4.56. The highest BCUT2D eigenvalue weighted by atomic mass is 127. The molecule has 3 nitrogen and oxygen atoms in total. The van der Waals surface area contributed by atoms with Gasteiger partial charge in [0.15, 0.2) is 0 Å². The van der Waals surface area contributed by atoms with Gasteiger partial charge in [0, 0.05) is 6.16 Å². The second kappa shape index (κ2) is 5.52. The molecule has 62 valence electrons. The van der Waals surface area contributed by atoms with Crippen LogP contribution in [0.25, 0.3) is 0 Å². The normalized spacial score (nSPS) is 11.9. The Balaban J connectivity index is 3.13. The smallest absolute Gasteiger partial charge is 0.324 e. The zero-order chi connectivity index (χ0) is 8.04. The lowest BCUT2D eigenvalue weighted by Gasteiger charge is -2.01. The van der Waals surface area contributed by atoms with Gasteiger partial charge in [0.1, 0.15) is 0 Å². The molecular formula is C5H12IO3P. The molecule has 0 amide bonds. The van der Waals surface area contributed by atoms with Crippen LogP contribution in [0.5, 0.6) is 0 Å². The van der Waals surface area contributed by atoms with E-state index in [1.165, 1.54) is 0 Å². The molecule has 0 rings (SSSR count). The fourth-order valence-electron chi connectivity index (χ4n) is 0.589. The summed E-state index contributed by atoms with van der Waals surface area (Å²) in [6.45, 7) is 0. The van der Waals surface area contributed by atoms with Gasteiger partial charge < -0.3 is 9.79 Å². The maximum absolute atomic E-state index is 10.3. The number of alkyl halides is 1.